The maximum absolute atomic E-state index is 12.2. The lowest BCUT2D eigenvalue weighted by Crippen LogP contribution is -2.14. The fourth-order valence-electron chi connectivity index (χ4n) is 1.91. The third kappa shape index (κ3) is 3.29. The lowest BCUT2D eigenvalue weighted by atomic mass is 10.0. The molecule has 19 heavy (non-hydrogen) atoms. The Morgan fingerprint density at radius 2 is 2.05 bits per heavy atom. The summed E-state index contributed by atoms with van der Waals surface area (Å²) in [6.45, 7) is 2.67. The predicted octanol–water partition coefficient (Wildman–Crippen LogP) is 2.43. The summed E-state index contributed by atoms with van der Waals surface area (Å²) in [6.07, 6.45) is 2.98. The maximum atomic E-state index is 12.2. The molecule has 4 heteroatoms. The van der Waals surface area contributed by atoms with Gasteiger partial charge in [-0.1, -0.05) is 25.1 Å². The molecule has 0 spiro atoms. The van der Waals surface area contributed by atoms with Gasteiger partial charge >= 0.3 is 0 Å². The Kier molecular flexibility index (Phi) is 4.47. The van der Waals surface area contributed by atoms with E-state index in [1.54, 1.807) is 16.9 Å². The highest BCUT2D eigenvalue weighted by atomic mass is 16.1. The van der Waals surface area contributed by atoms with Gasteiger partial charge in [-0.15, -0.1) is 0 Å². The Balaban J connectivity index is 2.14. The molecule has 100 valence electrons. The van der Waals surface area contributed by atoms with Crippen molar-refractivity contribution >= 4 is 5.78 Å². The Morgan fingerprint density at radius 1 is 1.32 bits per heavy atom. The molecular weight excluding hydrogens is 238 g/mol. The number of nitrogens with two attached hydrogens (primary N) is 1. The third-order valence-corrected chi connectivity index (χ3v) is 3.20. The molecule has 0 aliphatic rings. The van der Waals surface area contributed by atoms with Crippen LogP contribution >= 0.6 is 0 Å². The van der Waals surface area contributed by atoms with E-state index in [4.69, 9.17) is 5.73 Å². The van der Waals surface area contributed by atoms with Crippen LogP contribution in [0.2, 0.25) is 0 Å². The van der Waals surface area contributed by atoms with Crippen LogP contribution in [-0.2, 0) is 0 Å². The number of carbonyl (C=O) groups excluding carboxylic acids is 1. The van der Waals surface area contributed by atoms with Gasteiger partial charge in [-0.2, -0.15) is 5.10 Å². The Morgan fingerprint density at radius 3 is 2.74 bits per heavy atom. The zero-order valence-electron chi connectivity index (χ0n) is 11.1. The third-order valence-electron chi connectivity index (χ3n) is 3.20. The number of Topliss-reactive ketones (excluding diaryl/α,β-unsaturated/α-hetero) is 1. The van der Waals surface area contributed by atoms with E-state index >= 15 is 0 Å². The molecule has 2 N–H and O–H groups in total. The van der Waals surface area contributed by atoms with Gasteiger partial charge in [-0.25, -0.2) is 4.68 Å². The summed E-state index contributed by atoms with van der Waals surface area (Å²) >= 11 is 0. The SMILES string of the molecule is CC(CN)CCC(=O)c1ccnn1-c1ccccc1. The van der Waals surface area contributed by atoms with E-state index in [1.807, 2.05) is 30.3 Å². The van der Waals surface area contributed by atoms with Crippen LogP contribution in [0.15, 0.2) is 42.6 Å². The molecule has 0 aliphatic heterocycles. The highest BCUT2D eigenvalue weighted by molar-refractivity contribution is 5.94. The van der Waals surface area contributed by atoms with Crippen molar-refractivity contribution in [3.8, 4) is 5.69 Å². The minimum absolute atomic E-state index is 0.113. The molecule has 0 aliphatic carbocycles. The van der Waals surface area contributed by atoms with E-state index in [9.17, 15) is 4.79 Å². The summed E-state index contributed by atoms with van der Waals surface area (Å²) in [7, 11) is 0. The van der Waals surface area contributed by atoms with Gasteiger partial charge in [-0.05, 0) is 37.1 Å². The number of hydrogen-bond acceptors (Lipinski definition) is 3. The number of benzene rings is 1. The van der Waals surface area contributed by atoms with Gasteiger partial charge in [0.05, 0.1) is 11.9 Å². The van der Waals surface area contributed by atoms with Crippen LogP contribution in [-0.4, -0.2) is 22.1 Å². The zero-order valence-corrected chi connectivity index (χ0v) is 11.1. The Labute approximate surface area is 113 Å². The summed E-state index contributed by atoms with van der Waals surface area (Å²) in [4.78, 5) is 12.2. The average Bonchev–Trinajstić information content (AvgIpc) is 2.94. The van der Waals surface area contributed by atoms with E-state index in [0.717, 1.165) is 12.1 Å². The number of para-hydroxylation sites is 1. The largest absolute Gasteiger partial charge is 0.330 e. The first-order valence-electron chi connectivity index (χ1n) is 6.55. The quantitative estimate of drug-likeness (QED) is 0.808. The molecule has 1 aromatic carbocycles. The van der Waals surface area contributed by atoms with E-state index in [2.05, 4.69) is 12.0 Å². The van der Waals surface area contributed by atoms with Gasteiger partial charge in [-0.3, -0.25) is 4.79 Å². The smallest absolute Gasteiger partial charge is 0.181 e. The van der Waals surface area contributed by atoms with Crippen molar-refractivity contribution < 1.29 is 4.79 Å². The number of rotatable bonds is 6. The number of aromatic nitrogens is 2. The van der Waals surface area contributed by atoms with E-state index in [-0.39, 0.29) is 5.78 Å². The van der Waals surface area contributed by atoms with Gasteiger partial charge in [0.1, 0.15) is 5.69 Å². The number of hydrogen-bond donors (Lipinski definition) is 1. The van der Waals surface area contributed by atoms with Crippen molar-refractivity contribution in [2.24, 2.45) is 11.7 Å². The molecule has 4 nitrogen and oxygen atoms in total. The number of ketones is 1. The van der Waals surface area contributed by atoms with Crippen LogP contribution < -0.4 is 5.73 Å². The summed E-state index contributed by atoms with van der Waals surface area (Å²) in [6, 6.07) is 11.4. The molecule has 2 aromatic rings. The first-order chi connectivity index (χ1) is 9.22. The number of carbonyl (C=O) groups is 1. The van der Waals surface area contributed by atoms with Crippen molar-refractivity contribution in [1.29, 1.82) is 0 Å². The molecule has 0 bridgehead atoms. The van der Waals surface area contributed by atoms with Crippen molar-refractivity contribution in [3.63, 3.8) is 0 Å². The topological polar surface area (TPSA) is 60.9 Å². The molecule has 0 amide bonds. The fourth-order valence-corrected chi connectivity index (χ4v) is 1.91. The molecule has 1 aromatic heterocycles. The monoisotopic (exact) mass is 257 g/mol. The van der Waals surface area contributed by atoms with Gasteiger partial charge < -0.3 is 5.73 Å². The van der Waals surface area contributed by atoms with E-state index < -0.39 is 0 Å². The molecule has 0 saturated carbocycles. The molecular formula is C15H19N3O. The second-order valence-corrected chi connectivity index (χ2v) is 4.77. The van der Waals surface area contributed by atoms with Gasteiger partial charge in [0, 0.05) is 6.42 Å². The molecule has 1 unspecified atom stereocenters. The second-order valence-electron chi connectivity index (χ2n) is 4.77. The van der Waals surface area contributed by atoms with Crippen LogP contribution in [0.3, 0.4) is 0 Å². The second kappa shape index (κ2) is 6.29. The molecule has 0 radical (unpaired) electrons. The van der Waals surface area contributed by atoms with Crippen molar-refractivity contribution in [1.82, 2.24) is 9.78 Å². The van der Waals surface area contributed by atoms with Crippen molar-refractivity contribution in [3.05, 3.63) is 48.3 Å². The van der Waals surface area contributed by atoms with Crippen molar-refractivity contribution in [2.45, 2.75) is 19.8 Å². The van der Waals surface area contributed by atoms with Crippen LogP contribution in [0, 0.1) is 5.92 Å². The normalized spacial score (nSPS) is 12.3. The van der Waals surface area contributed by atoms with Crippen LogP contribution in [0.25, 0.3) is 5.69 Å². The average molecular weight is 257 g/mol. The van der Waals surface area contributed by atoms with Gasteiger partial charge in [0.15, 0.2) is 5.78 Å². The summed E-state index contributed by atoms with van der Waals surface area (Å²) in [5, 5.41) is 4.23. The Hall–Kier alpha value is -1.94. The highest BCUT2D eigenvalue weighted by Crippen LogP contribution is 2.14. The van der Waals surface area contributed by atoms with Crippen LogP contribution in [0.4, 0.5) is 0 Å². The van der Waals surface area contributed by atoms with Gasteiger partial charge in [0.25, 0.3) is 0 Å². The predicted molar refractivity (Wildman–Crippen MR) is 75.3 cm³/mol. The first kappa shape index (κ1) is 13.5. The minimum atomic E-state index is 0.113. The molecule has 1 atom stereocenters. The molecule has 1 heterocycles. The lowest BCUT2D eigenvalue weighted by molar-refractivity contribution is 0.0967. The van der Waals surface area contributed by atoms with E-state index in [1.165, 1.54) is 0 Å². The maximum Gasteiger partial charge on any atom is 0.181 e. The molecule has 0 saturated heterocycles. The van der Waals surface area contributed by atoms with Gasteiger partial charge in [0.2, 0.25) is 0 Å². The molecule has 2 rings (SSSR count). The zero-order chi connectivity index (χ0) is 13.7. The summed E-state index contributed by atoms with van der Waals surface area (Å²) in [5.41, 5.74) is 7.11. The Bertz CT molecular complexity index is 533. The summed E-state index contributed by atoms with van der Waals surface area (Å²) < 4.78 is 1.69. The lowest BCUT2D eigenvalue weighted by Gasteiger charge is -2.09. The fraction of sp³-hybridized carbons (Fsp3) is 0.333. The standard InChI is InChI=1S/C15H19N3O/c1-12(11-16)7-8-15(19)14-9-10-17-18(14)13-5-3-2-4-6-13/h2-6,9-10,12H,7-8,11,16H2,1H3. The molecule has 0 fully saturated rings. The van der Waals surface area contributed by atoms with Crippen molar-refractivity contribution in [2.75, 3.05) is 6.54 Å². The summed E-state index contributed by atoms with van der Waals surface area (Å²) in [5.74, 6) is 0.485. The number of nitrogens with zero attached hydrogens (tertiary/aromatic N) is 2. The van der Waals surface area contributed by atoms with Crippen LogP contribution in [0.1, 0.15) is 30.3 Å². The van der Waals surface area contributed by atoms with E-state index in [0.29, 0.717) is 24.6 Å². The highest BCUT2D eigenvalue weighted by Gasteiger charge is 2.14. The van der Waals surface area contributed by atoms with Crippen LogP contribution in [0.5, 0.6) is 0 Å². The minimum Gasteiger partial charge on any atom is -0.330 e. The first-order valence-corrected chi connectivity index (χ1v) is 6.55.